The van der Waals surface area contributed by atoms with E-state index in [1.807, 2.05) is 25.3 Å². The minimum absolute atomic E-state index is 0.0463. The van der Waals surface area contributed by atoms with Crippen molar-refractivity contribution in [1.29, 1.82) is 0 Å². The molecule has 1 N–H and O–H groups in total. The molecule has 2 aromatic rings. The molecule has 32 heavy (non-hydrogen) atoms. The summed E-state index contributed by atoms with van der Waals surface area (Å²) in [6, 6.07) is 5.58. The van der Waals surface area contributed by atoms with E-state index < -0.39 is 10.0 Å². The Kier molecular flexibility index (Phi) is 7.69. The number of sulfonamides is 1. The fourth-order valence-corrected chi connectivity index (χ4v) is 8.76. The molecule has 3 atom stereocenters. The van der Waals surface area contributed by atoms with Crippen LogP contribution in [-0.2, 0) is 14.8 Å². The zero-order valence-electron chi connectivity index (χ0n) is 18.5. The van der Waals surface area contributed by atoms with Gasteiger partial charge in [-0.2, -0.15) is 4.31 Å². The van der Waals surface area contributed by atoms with Crippen LogP contribution in [0.4, 0.5) is 0 Å². The van der Waals surface area contributed by atoms with Gasteiger partial charge in [-0.1, -0.05) is 12.5 Å². The van der Waals surface area contributed by atoms with Crippen molar-refractivity contribution in [2.45, 2.75) is 56.1 Å². The van der Waals surface area contributed by atoms with E-state index in [4.69, 9.17) is 4.74 Å². The molecule has 2 aliphatic heterocycles. The third-order valence-corrected chi connectivity index (χ3v) is 10.5. The predicted molar refractivity (Wildman–Crippen MR) is 128 cm³/mol. The minimum atomic E-state index is -3.74. The van der Waals surface area contributed by atoms with Crippen LogP contribution in [0, 0.1) is 0 Å². The van der Waals surface area contributed by atoms with Crippen molar-refractivity contribution in [3.8, 4) is 0 Å². The van der Waals surface area contributed by atoms with Gasteiger partial charge in [0.05, 0.1) is 19.3 Å². The zero-order chi connectivity index (χ0) is 22.7. The van der Waals surface area contributed by atoms with Crippen molar-refractivity contribution in [3.05, 3.63) is 38.7 Å². The Bertz CT molecular complexity index is 990. The Labute approximate surface area is 198 Å². The second-order valence-corrected chi connectivity index (χ2v) is 12.2. The highest BCUT2D eigenvalue weighted by Crippen LogP contribution is 2.33. The predicted octanol–water partition coefficient (Wildman–Crippen LogP) is 3.56. The average molecular weight is 498 g/mol. The highest BCUT2D eigenvalue weighted by molar-refractivity contribution is 7.89. The van der Waals surface area contributed by atoms with Crippen LogP contribution < -0.4 is 5.32 Å². The maximum atomic E-state index is 13.5. The number of carbonyl (C=O) groups is 1. The number of carbonyl (C=O) groups excluding carboxylic acids is 1. The van der Waals surface area contributed by atoms with Gasteiger partial charge < -0.3 is 10.1 Å². The van der Waals surface area contributed by atoms with Gasteiger partial charge in [-0.3, -0.25) is 9.69 Å². The molecule has 4 rings (SSSR count). The van der Waals surface area contributed by atoms with Gasteiger partial charge in [0.1, 0.15) is 9.77 Å². The topological polar surface area (TPSA) is 79.0 Å². The number of nitrogens with one attached hydrogen (secondary N) is 1. The van der Waals surface area contributed by atoms with E-state index in [1.54, 1.807) is 27.1 Å². The van der Waals surface area contributed by atoms with Crippen molar-refractivity contribution < 1.29 is 17.9 Å². The summed E-state index contributed by atoms with van der Waals surface area (Å²) in [5.41, 5.74) is 0. The normalized spacial score (nSPS) is 24.3. The second-order valence-electron chi connectivity index (χ2n) is 8.47. The molecule has 0 saturated carbocycles. The van der Waals surface area contributed by atoms with Crippen molar-refractivity contribution >= 4 is 38.6 Å². The van der Waals surface area contributed by atoms with Gasteiger partial charge in [0.25, 0.3) is 5.91 Å². The van der Waals surface area contributed by atoms with E-state index in [0.29, 0.717) is 19.8 Å². The Morgan fingerprint density at radius 1 is 1.16 bits per heavy atom. The van der Waals surface area contributed by atoms with E-state index in [-0.39, 0.29) is 33.8 Å². The summed E-state index contributed by atoms with van der Waals surface area (Å²) in [7, 11) is -3.74. The van der Waals surface area contributed by atoms with Gasteiger partial charge in [0.2, 0.25) is 10.0 Å². The first kappa shape index (κ1) is 23.8. The molecule has 0 unspecified atom stereocenters. The lowest BCUT2D eigenvalue weighted by atomic mass is 10.0. The van der Waals surface area contributed by atoms with E-state index in [2.05, 4.69) is 16.3 Å². The number of rotatable bonds is 7. The fraction of sp³-hybridized carbons (Fsp3) is 0.591. The highest BCUT2D eigenvalue weighted by atomic mass is 32.2. The van der Waals surface area contributed by atoms with E-state index in [1.165, 1.54) is 16.2 Å². The van der Waals surface area contributed by atoms with Crippen LogP contribution in [0.15, 0.2) is 33.9 Å². The van der Waals surface area contributed by atoms with Gasteiger partial charge in [0.15, 0.2) is 0 Å². The molecule has 0 aliphatic carbocycles. The number of piperidine rings is 1. The minimum Gasteiger partial charge on any atom is -0.379 e. The molecule has 176 valence electrons. The van der Waals surface area contributed by atoms with Crippen molar-refractivity contribution in [1.82, 2.24) is 14.5 Å². The SMILES string of the molecule is C[C@@H]1CCC[C@H](C)N1S(=O)(=O)c1ccsc1C(=O)NC[C@@H](c1cccs1)N1CCOCC1. The first-order valence-electron chi connectivity index (χ1n) is 11.1. The molecular formula is C22H31N3O4S3. The maximum absolute atomic E-state index is 13.5. The zero-order valence-corrected chi connectivity index (χ0v) is 21.0. The second kappa shape index (κ2) is 10.3. The van der Waals surface area contributed by atoms with Crippen LogP contribution in [0.5, 0.6) is 0 Å². The van der Waals surface area contributed by atoms with Crippen molar-refractivity contribution in [3.63, 3.8) is 0 Å². The molecule has 0 aromatic carbocycles. The third kappa shape index (κ3) is 4.95. The van der Waals surface area contributed by atoms with Gasteiger partial charge in [0, 0.05) is 36.6 Å². The average Bonchev–Trinajstić information content (AvgIpc) is 3.47. The summed E-state index contributed by atoms with van der Waals surface area (Å²) >= 11 is 2.85. The largest absolute Gasteiger partial charge is 0.379 e. The summed E-state index contributed by atoms with van der Waals surface area (Å²) in [5.74, 6) is -0.328. The van der Waals surface area contributed by atoms with Gasteiger partial charge >= 0.3 is 0 Å². The smallest absolute Gasteiger partial charge is 0.262 e. The molecule has 10 heteroatoms. The Morgan fingerprint density at radius 2 is 1.88 bits per heavy atom. The number of hydrogen-bond acceptors (Lipinski definition) is 7. The number of hydrogen-bond donors (Lipinski definition) is 1. The van der Waals surface area contributed by atoms with Gasteiger partial charge in [-0.25, -0.2) is 8.42 Å². The lowest BCUT2D eigenvalue weighted by Crippen LogP contribution is -2.47. The van der Waals surface area contributed by atoms with Crippen LogP contribution in [0.25, 0.3) is 0 Å². The molecular weight excluding hydrogens is 466 g/mol. The maximum Gasteiger partial charge on any atom is 0.262 e. The third-order valence-electron chi connectivity index (χ3n) is 6.32. The van der Waals surface area contributed by atoms with E-state index in [9.17, 15) is 13.2 Å². The highest BCUT2D eigenvalue weighted by Gasteiger charge is 2.38. The summed E-state index contributed by atoms with van der Waals surface area (Å²) in [5, 5.41) is 6.75. The first-order chi connectivity index (χ1) is 15.4. The van der Waals surface area contributed by atoms with Crippen molar-refractivity contribution in [2.75, 3.05) is 32.8 Å². The Morgan fingerprint density at radius 3 is 2.53 bits per heavy atom. The molecule has 0 bridgehead atoms. The summed E-state index contributed by atoms with van der Waals surface area (Å²) in [4.78, 5) is 17.0. The van der Waals surface area contributed by atoms with Crippen LogP contribution in [0.3, 0.4) is 0 Å². The van der Waals surface area contributed by atoms with Crippen molar-refractivity contribution in [2.24, 2.45) is 0 Å². The van der Waals surface area contributed by atoms with Gasteiger partial charge in [-0.15, -0.1) is 22.7 Å². The molecule has 0 spiro atoms. The summed E-state index contributed by atoms with van der Waals surface area (Å²) in [6.07, 6.45) is 2.71. The first-order valence-corrected chi connectivity index (χ1v) is 14.3. The molecule has 2 saturated heterocycles. The number of ether oxygens (including phenoxy) is 1. The standard InChI is InChI=1S/C22H31N3O4S3/c1-16-5-3-6-17(2)25(16)32(27,28)20-8-14-31-21(20)22(26)23-15-18(19-7-4-13-30-19)24-9-11-29-12-10-24/h4,7-8,13-14,16-18H,3,5-6,9-12,15H2,1-2H3,(H,23,26)/t16-,17+,18-/m0/s1. The molecule has 1 amide bonds. The lowest BCUT2D eigenvalue weighted by molar-refractivity contribution is 0.0169. The molecule has 2 aliphatic rings. The molecule has 0 radical (unpaired) electrons. The monoisotopic (exact) mass is 497 g/mol. The Balaban J connectivity index is 1.51. The molecule has 2 aromatic heterocycles. The molecule has 4 heterocycles. The molecule has 7 nitrogen and oxygen atoms in total. The Hall–Kier alpha value is -1.30. The number of morpholine rings is 1. The number of thiophene rings is 2. The van der Waals surface area contributed by atoms with Crippen LogP contribution in [-0.4, -0.2) is 68.5 Å². The van der Waals surface area contributed by atoms with Crippen LogP contribution in [0.2, 0.25) is 0 Å². The fourth-order valence-electron chi connectivity index (χ4n) is 4.70. The summed E-state index contributed by atoms with van der Waals surface area (Å²) in [6.45, 7) is 7.29. The van der Waals surface area contributed by atoms with E-state index in [0.717, 1.165) is 32.4 Å². The quantitative estimate of drug-likeness (QED) is 0.633. The number of amides is 1. The van der Waals surface area contributed by atoms with Crippen LogP contribution >= 0.6 is 22.7 Å². The van der Waals surface area contributed by atoms with Crippen LogP contribution in [0.1, 0.15) is 53.7 Å². The lowest BCUT2D eigenvalue weighted by Gasteiger charge is -2.37. The summed E-state index contributed by atoms with van der Waals surface area (Å²) < 4.78 is 34.1. The van der Waals surface area contributed by atoms with E-state index >= 15 is 0 Å². The number of nitrogens with zero attached hydrogens (tertiary/aromatic N) is 2. The van der Waals surface area contributed by atoms with Gasteiger partial charge in [-0.05, 0) is 49.6 Å². The molecule has 2 fully saturated rings.